The molecule has 0 bridgehead atoms. The third-order valence-corrected chi connectivity index (χ3v) is 3.08. The lowest BCUT2D eigenvalue weighted by molar-refractivity contribution is -0.768. The van der Waals surface area contributed by atoms with Gasteiger partial charge in [0.2, 0.25) is 0 Å². The third kappa shape index (κ3) is 2.39. The molecule has 4 atom stereocenters. The lowest BCUT2D eigenvalue weighted by atomic mass is 10.1. The van der Waals surface area contributed by atoms with Crippen LogP contribution in [0, 0.1) is 11.3 Å². The molecule has 3 N–H and O–H groups in total. The summed E-state index contributed by atoms with van der Waals surface area (Å²) in [7, 11) is 1.42. The lowest BCUT2D eigenvalue weighted by Crippen LogP contribution is -2.47. The SMILES string of the molecule is COc1cc(C#N)cc[n+]1[C@@H]1O[C@H](CO)C(O)[C@@H]1O. The van der Waals surface area contributed by atoms with E-state index in [1.165, 1.54) is 30.0 Å². The van der Waals surface area contributed by atoms with Crippen LogP contribution in [0.5, 0.6) is 5.88 Å². The molecule has 0 amide bonds. The van der Waals surface area contributed by atoms with Gasteiger partial charge in [-0.3, -0.25) is 0 Å². The van der Waals surface area contributed by atoms with E-state index in [9.17, 15) is 10.2 Å². The van der Waals surface area contributed by atoms with Crippen molar-refractivity contribution in [3.8, 4) is 11.9 Å². The molecule has 19 heavy (non-hydrogen) atoms. The maximum Gasteiger partial charge on any atom is 0.371 e. The van der Waals surface area contributed by atoms with Crippen molar-refractivity contribution in [3.05, 3.63) is 23.9 Å². The monoisotopic (exact) mass is 267 g/mol. The van der Waals surface area contributed by atoms with Crippen LogP contribution in [0.15, 0.2) is 18.3 Å². The Bertz CT molecular complexity index is 501. The number of rotatable bonds is 3. The second-order valence-electron chi connectivity index (χ2n) is 4.21. The summed E-state index contributed by atoms with van der Waals surface area (Å²) in [6.45, 7) is -0.395. The molecule has 1 aromatic heterocycles. The van der Waals surface area contributed by atoms with Gasteiger partial charge in [-0.1, -0.05) is 0 Å². The Morgan fingerprint density at radius 2 is 2.21 bits per heavy atom. The molecule has 0 aliphatic carbocycles. The molecule has 0 spiro atoms. The number of hydrogen-bond donors (Lipinski definition) is 3. The second kappa shape index (κ2) is 5.50. The number of aromatic nitrogens is 1. The summed E-state index contributed by atoms with van der Waals surface area (Å²) >= 11 is 0. The third-order valence-electron chi connectivity index (χ3n) is 3.08. The van der Waals surface area contributed by atoms with Gasteiger partial charge in [-0.2, -0.15) is 5.26 Å². The number of hydrogen-bond acceptors (Lipinski definition) is 6. The Hall–Kier alpha value is -1.72. The highest BCUT2D eigenvalue weighted by molar-refractivity contribution is 5.28. The van der Waals surface area contributed by atoms with Crippen LogP contribution in [0.1, 0.15) is 11.8 Å². The zero-order valence-electron chi connectivity index (χ0n) is 10.3. The number of aliphatic hydroxyl groups excluding tert-OH is 3. The summed E-state index contributed by atoms with van der Waals surface area (Å²) < 4.78 is 12.0. The molecule has 1 fully saturated rings. The first-order valence-corrected chi connectivity index (χ1v) is 5.74. The van der Waals surface area contributed by atoms with E-state index >= 15 is 0 Å². The van der Waals surface area contributed by atoms with Crippen molar-refractivity contribution in [3.63, 3.8) is 0 Å². The maximum absolute atomic E-state index is 9.93. The van der Waals surface area contributed by atoms with Crippen LogP contribution in [-0.2, 0) is 4.74 Å². The number of aliphatic hydroxyl groups is 3. The summed E-state index contributed by atoms with van der Waals surface area (Å²) in [5, 5.41) is 37.5. The highest BCUT2D eigenvalue weighted by Crippen LogP contribution is 2.26. The van der Waals surface area contributed by atoms with Crippen molar-refractivity contribution in [1.29, 1.82) is 5.26 Å². The first kappa shape index (κ1) is 13.7. The van der Waals surface area contributed by atoms with Gasteiger partial charge in [0.25, 0.3) is 6.23 Å². The van der Waals surface area contributed by atoms with Gasteiger partial charge in [0, 0.05) is 6.07 Å². The molecule has 0 radical (unpaired) electrons. The molecule has 7 heteroatoms. The Morgan fingerprint density at radius 3 is 2.74 bits per heavy atom. The smallest absolute Gasteiger partial charge is 0.371 e. The second-order valence-corrected chi connectivity index (χ2v) is 4.21. The molecule has 1 saturated heterocycles. The molecule has 0 aromatic carbocycles. The number of ether oxygens (including phenoxy) is 2. The minimum Gasteiger partial charge on any atom is -0.448 e. The maximum atomic E-state index is 9.93. The summed E-state index contributed by atoms with van der Waals surface area (Å²) in [4.78, 5) is 0. The van der Waals surface area contributed by atoms with E-state index in [0.29, 0.717) is 11.4 Å². The van der Waals surface area contributed by atoms with Gasteiger partial charge in [0.15, 0.2) is 12.3 Å². The van der Waals surface area contributed by atoms with E-state index in [1.807, 2.05) is 6.07 Å². The summed E-state index contributed by atoms with van der Waals surface area (Å²) in [5.74, 6) is 0.314. The van der Waals surface area contributed by atoms with E-state index in [0.717, 1.165) is 0 Å². The normalized spacial score (nSPS) is 30.1. The Kier molecular flexibility index (Phi) is 3.97. The molecule has 1 aliphatic heterocycles. The fourth-order valence-electron chi connectivity index (χ4n) is 2.04. The average molecular weight is 267 g/mol. The fourth-order valence-corrected chi connectivity index (χ4v) is 2.04. The average Bonchev–Trinajstić information content (AvgIpc) is 2.74. The Balaban J connectivity index is 2.35. The van der Waals surface area contributed by atoms with Crippen molar-refractivity contribution >= 4 is 0 Å². The van der Waals surface area contributed by atoms with Gasteiger partial charge in [0.05, 0.1) is 31.4 Å². The number of nitrogens with zero attached hydrogens (tertiary/aromatic N) is 2. The molecular weight excluding hydrogens is 252 g/mol. The van der Waals surface area contributed by atoms with Crippen LogP contribution in [0.4, 0.5) is 0 Å². The molecule has 7 nitrogen and oxygen atoms in total. The molecule has 2 heterocycles. The first-order chi connectivity index (χ1) is 9.12. The highest BCUT2D eigenvalue weighted by Gasteiger charge is 2.49. The molecule has 2 rings (SSSR count). The molecule has 1 unspecified atom stereocenters. The van der Waals surface area contributed by atoms with E-state index in [4.69, 9.17) is 19.8 Å². The van der Waals surface area contributed by atoms with Crippen LogP contribution < -0.4 is 9.30 Å². The topological polar surface area (TPSA) is 107 Å². The van der Waals surface area contributed by atoms with Gasteiger partial charge in [-0.15, -0.1) is 4.57 Å². The van der Waals surface area contributed by atoms with Crippen LogP contribution >= 0.6 is 0 Å². The van der Waals surface area contributed by atoms with E-state index in [1.54, 1.807) is 0 Å². The predicted molar refractivity (Wildman–Crippen MR) is 60.9 cm³/mol. The quantitative estimate of drug-likeness (QED) is 0.573. The first-order valence-electron chi connectivity index (χ1n) is 5.74. The van der Waals surface area contributed by atoms with E-state index in [-0.39, 0.29) is 0 Å². The van der Waals surface area contributed by atoms with E-state index in [2.05, 4.69) is 0 Å². The minimum absolute atomic E-state index is 0.314. The van der Waals surface area contributed by atoms with Gasteiger partial charge >= 0.3 is 5.88 Å². The zero-order chi connectivity index (χ0) is 14.0. The number of pyridine rings is 1. The largest absolute Gasteiger partial charge is 0.448 e. The van der Waals surface area contributed by atoms with Crippen molar-refractivity contribution in [2.75, 3.05) is 13.7 Å². The number of methoxy groups -OCH3 is 1. The zero-order valence-corrected chi connectivity index (χ0v) is 10.3. The van der Waals surface area contributed by atoms with Crippen molar-refractivity contribution in [1.82, 2.24) is 0 Å². The molecule has 0 saturated carbocycles. The Morgan fingerprint density at radius 1 is 1.47 bits per heavy atom. The van der Waals surface area contributed by atoms with Gasteiger partial charge in [-0.25, -0.2) is 0 Å². The summed E-state index contributed by atoms with van der Waals surface area (Å²) in [6.07, 6.45) is -2.58. The summed E-state index contributed by atoms with van der Waals surface area (Å²) in [6, 6.07) is 5.01. The highest BCUT2D eigenvalue weighted by atomic mass is 16.6. The van der Waals surface area contributed by atoms with Crippen LogP contribution in [0.2, 0.25) is 0 Å². The molecule has 1 aliphatic rings. The van der Waals surface area contributed by atoms with E-state index < -0.39 is 31.1 Å². The van der Waals surface area contributed by atoms with Gasteiger partial charge in [-0.05, 0) is 0 Å². The van der Waals surface area contributed by atoms with Crippen molar-refractivity contribution in [2.45, 2.75) is 24.5 Å². The van der Waals surface area contributed by atoms with Gasteiger partial charge < -0.3 is 24.8 Å². The van der Waals surface area contributed by atoms with Crippen LogP contribution in [0.3, 0.4) is 0 Å². The molecule has 1 aromatic rings. The van der Waals surface area contributed by atoms with Crippen molar-refractivity contribution in [2.24, 2.45) is 0 Å². The summed E-state index contributed by atoms with van der Waals surface area (Å²) in [5.41, 5.74) is 0.403. The van der Waals surface area contributed by atoms with Crippen LogP contribution in [-0.4, -0.2) is 47.3 Å². The molecule has 102 valence electrons. The number of nitriles is 1. The lowest BCUT2D eigenvalue weighted by Gasteiger charge is -2.11. The van der Waals surface area contributed by atoms with Gasteiger partial charge in [0.1, 0.15) is 12.2 Å². The fraction of sp³-hybridized carbons (Fsp3) is 0.500. The standard InChI is InChI=1S/C12H15N2O5/c1-18-9-4-7(5-13)2-3-14(9)12-11(17)10(16)8(6-15)19-12/h2-4,8,10-12,15-17H,6H2,1H3/q+1/t8-,10?,11+,12-/m1/s1. The van der Waals surface area contributed by atoms with Crippen LogP contribution in [0.25, 0.3) is 0 Å². The Labute approximate surface area is 109 Å². The van der Waals surface area contributed by atoms with Crippen molar-refractivity contribution < 1.29 is 29.4 Å². The molecular formula is C12H15N2O5+. The predicted octanol–water partition coefficient (Wildman–Crippen LogP) is -1.53. The minimum atomic E-state index is -1.19.